The molecule has 10 aromatic rings. The predicted molar refractivity (Wildman–Crippen MR) is 202 cm³/mol. The van der Waals surface area contributed by atoms with Crippen molar-refractivity contribution >= 4 is 43.9 Å². The predicted octanol–water partition coefficient (Wildman–Crippen LogP) is 12.0. The molecule has 0 bridgehead atoms. The highest BCUT2D eigenvalue weighted by molar-refractivity contribution is 6.18. The van der Waals surface area contributed by atoms with Crippen LogP contribution >= 0.6 is 0 Å². The number of aromatic nitrogens is 3. The summed E-state index contributed by atoms with van der Waals surface area (Å²) in [6.45, 7) is 0. The Morgan fingerprint density at radius 2 is 0.780 bits per heavy atom. The van der Waals surface area contributed by atoms with E-state index in [1.165, 1.54) is 0 Å². The number of rotatable bonds is 5. The van der Waals surface area contributed by atoms with E-state index in [9.17, 15) is 0 Å². The minimum absolute atomic E-state index is 0.584. The van der Waals surface area contributed by atoms with Gasteiger partial charge in [-0.05, 0) is 52.6 Å². The Balaban J connectivity index is 1.18. The molecule has 5 heteroatoms. The zero-order chi connectivity index (χ0) is 33.0. The summed E-state index contributed by atoms with van der Waals surface area (Å²) in [5, 5.41) is 4.15. The molecule has 0 fully saturated rings. The number of nitrogens with zero attached hydrogens (tertiary/aromatic N) is 3. The third kappa shape index (κ3) is 4.67. The first kappa shape index (κ1) is 28.2. The van der Waals surface area contributed by atoms with Gasteiger partial charge in [0.1, 0.15) is 22.3 Å². The van der Waals surface area contributed by atoms with Gasteiger partial charge in [-0.25, -0.2) is 15.0 Å². The Labute approximate surface area is 287 Å². The molecule has 0 aliphatic heterocycles. The Kier molecular flexibility index (Phi) is 6.42. The Morgan fingerprint density at radius 3 is 1.52 bits per heavy atom. The van der Waals surface area contributed by atoms with Gasteiger partial charge in [-0.3, -0.25) is 0 Å². The fraction of sp³-hybridized carbons (Fsp3) is 0. The van der Waals surface area contributed by atoms with Gasteiger partial charge in [0.15, 0.2) is 17.5 Å². The summed E-state index contributed by atoms with van der Waals surface area (Å²) in [6, 6.07) is 55.7. The van der Waals surface area contributed by atoms with Gasteiger partial charge in [-0.2, -0.15) is 0 Å². The zero-order valence-electron chi connectivity index (χ0n) is 26.7. The molecule has 0 atom stereocenters. The molecule has 0 aliphatic rings. The highest BCUT2D eigenvalue weighted by Gasteiger charge is 2.20. The quantitative estimate of drug-likeness (QED) is 0.187. The largest absolute Gasteiger partial charge is 0.456 e. The monoisotopic (exact) mass is 641 g/mol. The van der Waals surface area contributed by atoms with Crippen LogP contribution in [0, 0.1) is 0 Å². The number of hydrogen-bond acceptors (Lipinski definition) is 5. The summed E-state index contributed by atoms with van der Waals surface area (Å²) in [6.07, 6.45) is 0. The first-order chi connectivity index (χ1) is 24.8. The first-order valence-corrected chi connectivity index (χ1v) is 16.6. The second-order valence-corrected chi connectivity index (χ2v) is 12.4. The van der Waals surface area contributed by atoms with Crippen molar-refractivity contribution in [1.82, 2.24) is 15.0 Å². The topological polar surface area (TPSA) is 65.0 Å². The molecule has 7 aromatic carbocycles. The molecule has 0 saturated heterocycles. The lowest BCUT2D eigenvalue weighted by atomic mass is 9.96. The molecule has 50 heavy (non-hydrogen) atoms. The summed E-state index contributed by atoms with van der Waals surface area (Å²) < 4.78 is 12.7. The first-order valence-electron chi connectivity index (χ1n) is 16.6. The molecule has 3 aromatic heterocycles. The van der Waals surface area contributed by atoms with Gasteiger partial charge in [0.2, 0.25) is 0 Å². The number of para-hydroxylation sites is 1. The Morgan fingerprint density at radius 1 is 0.300 bits per heavy atom. The molecule has 0 N–H and O–H groups in total. The lowest BCUT2D eigenvalue weighted by Crippen LogP contribution is -2.00. The second kappa shape index (κ2) is 11.4. The highest BCUT2D eigenvalue weighted by Crippen LogP contribution is 2.42. The fourth-order valence-electron chi connectivity index (χ4n) is 6.97. The highest BCUT2D eigenvalue weighted by atomic mass is 16.3. The average Bonchev–Trinajstić information content (AvgIpc) is 3.77. The second-order valence-electron chi connectivity index (χ2n) is 12.4. The maximum Gasteiger partial charge on any atom is 0.164 e. The molecule has 234 valence electrons. The summed E-state index contributed by atoms with van der Waals surface area (Å²) >= 11 is 0. The van der Waals surface area contributed by atoms with E-state index in [0.717, 1.165) is 82.8 Å². The van der Waals surface area contributed by atoms with E-state index in [-0.39, 0.29) is 0 Å². The Bertz CT molecular complexity index is 2850. The molecule has 0 radical (unpaired) electrons. The van der Waals surface area contributed by atoms with Crippen molar-refractivity contribution < 1.29 is 8.83 Å². The molecule has 0 unspecified atom stereocenters. The van der Waals surface area contributed by atoms with Crippen LogP contribution in [-0.4, -0.2) is 15.0 Å². The van der Waals surface area contributed by atoms with Crippen LogP contribution in [0.4, 0.5) is 0 Å². The number of furan rings is 2. The maximum absolute atomic E-state index is 6.51. The number of fused-ring (bicyclic) bond motifs is 6. The molecule has 0 aliphatic carbocycles. The van der Waals surface area contributed by atoms with Gasteiger partial charge >= 0.3 is 0 Å². The minimum Gasteiger partial charge on any atom is -0.456 e. The molecule has 10 rings (SSSR count). The van der Waals surface area contributed by atoms with Crippen LogP contribution in [0.1, 0.15) is 0 Å². The van der Waals surface area contributed by atoms with Crippen LogP contribution in [0.25, 0.3) is 100 Å². The van der Waals surface area contributed by atoms with E-state index < -0.39 is 0 Å². The number of benzene rings is 7. The van der Waals surface area contributed by atoms with Crippen molar-refractivity contribution in [1.29, 1.82) is 0 Å². The molecular formula is C45H27N3O2. The van der Waals surface area contributed by atoms with Gasteiger partial charge in [0.05, 0.1) is 0 Å². The lowest BCUT2D eigenvalue weighted by molar-refractivity contribution is 0.669. The summed E-state index contributed by atoms with van der Waals surface area (Å²) in [7, 11) is 0. The van der Waals surface area contributed by atoms with Crippen molar-refractivity contribution in [3.63, 3.8) is 0 Å². The van der Waals surface area contributed by atoms with Gasteiger partial charge in [0, 0.05) is 38.2 Å². The Hall–Kier alpha value is -6.85. The minimum atomic E-state index is 0.584. The summed E-state index contributed by atoms with van der Waals surface area (Å²) in [5.74, 6) is 1.80. The average molecular weight is 642 g/mol. The van der Waals surface area contributed by atoms with Gasteiger partial charge in [-0.1, -0.05) is 133 Å². The van der Waals surface area contributed by atoms with Crippen LogP contribution < -0.4 is 0 Å². The van der Waals surface area contributed by atoms with Crippen LogP contribution in [0.3, 0.4) is 0 Å². The van der Waals surface area contributed by atoms with E-state index in [1.54, 1.807) is 0 Å². The standard InChI is InChI=1S/C45H27N3O2/c1-3-11-28(12-4-1)29-21-23-31(24-22-29)44-46-43(30-13-5-2-6-14-30)47-45(48-44)35-17-10-20-40-42(35)41-33(16-9-19-39(41)50-40)32-25-26-38-36(27-32)34-15-7-8-18-37(34)49-38/h1-27H. The third-order valence-corrected chi connectivity index (χ3v) is 9.37. The molecular weight excluding hydrogens is 615 g/mol. The van der Waals surface area contributed by atoms with Crippen LogP contribution in [0.5, 0.6) is 0 Å². The fourth-order valence-corrected chi connectivity index (χ4v) is 6.97. The summed E-state index contributed by atoms with van der Waals surface area (Å²) in [5.41, 5.74) is 10.5. The lowest BCUT2D eigenvalue weighted by Gasteiger charge is -2.10. The molecule has 5 nitrogen and oxygen atoms in total. The van der Waals surface area contributed by atoms with Crippen LogP contribution in [-0.2, 0) is 0 Å². The van der Waals surface area contributed by atoms with Gasteiger partial charge in [0.25, 0.3) is 0 Å². The number of hydrogen-bond donors (Lipinski definition) is 0. The van der Waals surface area contributed by atoms with Crippen LogP contribution in [0.2, 0.25) is 0 Å². The van der Waals surface area contributed by atoms with E-state index >= 15 is 0 Å². The van der Waals surface area contributed by atoms with Crippen molar-refractivity contribution in [2.75, 3.05) is 0 Å². The van der Waals surface area contributed by atoms with E-state index in [4.69, 9.17) is 23.8 Å². The van der Waals surface area contributed by atoms with Crippen molar-refractivity contribution in [2.45, 2.75) is 0 Å². The third-order valence-electron chi connectivity index (χ3n) is 9.37. The van der Waals surface area contributed by atoms with Gasteiger partial charge in [-0.15, -0.1) is 0 Å². The van der Waals surface area contributed by atoms with Crippen molar-refractivity contribution in [2.24, 2.45) is 0 Å². The smallest absolute Gasteiger partial charge is 0.164 e. The maximum atomic E-state index is 6.51. The SMILES string of the molecule is c1ccc(-c2ccc(-c3nc(-c4ccccc4)nc(-c4cccc5oc6cccc(-c7ccc8oc9ccccc9c8c7)c6c45)n3)cc2)cc1. The van der Waals surface area contributed by atoms with Crippen LogP contribution in [0.15, 0.2) is 173 Å². The zero-order valence-corrected chi connectivity index (χ0v) is 26.7. The summed E-state index contributed by atoms with van der Waals surface area (Å²) in [4.78, 5) is 15.2. The van der Waals surface area contributed by atoms with Crippen molar-refractivity contribution in [3.8, 4) is 56.4 Å². The molecule has 0 spiro atoms. The van der Waals surface area contributed by atoms with E-state index in [1.807, 2.05) is 78.9 Å². The van der Waals surface area contributed by atoms with E-state index in [0.29, 0.717) is 17.5 Å². The van der Waals surface area contributed by atoms with E-state index in [2.05, 4.69) is 84.9 Å². The van der Waals surface area contributed by atoms with Gasteiger partial charge < -0.3 is 8.83 Å². The molecule has 0 saturated carbocycles. The van der Waals surface area contributed by atoms with Crippen molar-refractivity contribution in [3.05, 3.63) is 164 Å². The normalized spacial score (nSPS) is 11.6. The molecule has 3 heterocycles. The molecule has 0 amide bonds.